The van der Waals surface area contributed by atoms with Crippen molar-refractivity contribution in [1.29, 1.82) is 0 Å². The normalized spacial score (nSPS) is 14.4. The summed E-state index contributed by atoms with van der Waals surface area (Å²) in [7, 11) is 0. The Morgan fingerprint density at radius 3 is 2.48 bits per heavy atom. The SMILES string of the molecule is C[C@H](OC(=O)COc1ccccc1)C(=O)N1CCc2ccccc2C1. The second-order valence-electron chi connectivity index (χ2n) is 6.01. The fourth-order valence-corrected chi connectivity index (χ4v) is 2.88. The van der Waals surface area contributed by atoms with Gasteiger partial charge in [-0.2, -0.15) is 0 Å². The molecule has 0 aromatic heterocycles. The van der Waals surface area contributed by atoms with E-state index in [9.17, 15) is 9.59 Å². The van der Waals surface area contributed by atoms with E-state index in [0.717, 1.165) is 12.0 Å². The van der Waals surface area contributed by atoms with Crippen LogP contribution in [0.2, 0.25) is 0 Å². The quantitative estimate of drug-likeness (QED) is 0.786. The third kappa shape index (κ3) is 4.38. The van der Waals surface area contributed by atoms with Gasteiger partial charge in [0.05, 0.1) is 0 Å². The average Bonchev–Trinajstić information content (AvgIpc) is 2.66. The lowest BCUT2D eigenvalue weighted by Crippen LogP contribution is -2.43. The predicted octanol–water partition coefficient (Wildman–Crippen LogP) is 2.58. The van der Waals surface area contributed by atoms with Gasteiger partial charge in [-0.25, -0.2) is 4.79 Å². The minimum absolute atomic E-state index is 0.178. The lowest BCUT2D eigenvalue weighted by atomic mass is 9.99. The number of hydrogen-bond acceptors (Lipinski definition) is 4. The monoisotopic (exact) mass is 339 g/mol. The molecule has 0 saturated carbocycles. The molecule has 0 saturated heterocycles. The maximum Gasteiger partial charge on any atom is 0.344 e. The van der Waals surface area contributed by atoms with E-state index >= 15 is 0 Å². The Morgan fingerprint density at radius 2 is 1.72 bits per heavy atom. The maximum atomic E-state index is 12.5. The van der Waals surface area contributed by atoms with Crippen molar-refractivity contribution >= 4 is 11.9 Å². The number of amides is 1. The predicted molar refractivity (Wildman–Crippen MR) is 93.1 cm³/mol. The number of rotatable bonds is 5. The van der Waals surface area contributed by atoms with Crippen LogP contribution in [-0.4, -0.2) is 36.0 Å². The summed E-state index contributed by atoms with van der Waals surface area (Å²) in [6.07, 6.45) is -0.00295. The second-order valence-corrected chi connectivity index (χ2v) is 6.01. The highest BCUT2D eigenvalue weighted by Crippen LogP contribution is 2.19. The molecule has 0 N–H and O–H groups in total. The second kappa shape index (κ2) is 7.83. The van der Waals surface area contributed by atoms with Gasteiger partial charge in [0.25, 0.3) is 5.91 Å². The molecule has 25 heavy (non-hydrogen) atoms. The van der Waals surface area contributed by atoms with Crippen LogP contribution in [0, 0.1) is 0 Å². The molecule has 0 spiro atoms. The number of esters is 1. The van der Waals surface area contributed by atoms with E-state index in [1.807, 2.05) is 36.4 Å². The van der Waals surface area contributed by atoms with Crippen molar-refractivity contribution in [3.8, 4) is 5.75 Å². The summed E-state index contributed by atoms with van der Waals surface area (Å²) in [5.74, 6) is -0.143. The molecule has 1 heterocycles. The molecule has 130 valence electrons. The molecule has 0 aliphatic carbocycles. The number of benzene rings is 2. The zero-order chi connectivity index (χ0) is 17.6. The van der Waals surface area contributed by atoms with E-state index in [2.05, 4.69) is 6.07 Å². The lowest BCUT2D eigenvalue weighted by molar-refractivity contribution is -0.161. The molecule has 2 aromatic rings. The van der Waals surface area contributed by atoms with Crippen molar-refractivity contribution in [2.24, 2.45) is 0 Å². The largest absolute Gasteiger partial charge is 0.482 e. The van der Waals surface area contributed by atoms with E-state index in [1.54, 1.807) is 24.0 Å². The first kappa shape index (κ1) is 17.0. The van der Waals surface area contributed by atoms with Crippen molar-refractivity contribution in [2.75, 3.05) is 13.2 Å². The van der Waals surface area contributed by atoms with Crippen molar-refractivity contribution in [1.82, 2.24) is 4.90 Å². The Kier molecular flexibility index (Phi) is 5.33. The first-order chi connectivity index (χ1) is 12.1. The van der Waals surface area contributed by atoms with E-state index in [4.69, 9.17) is 9.47 Å². The van der Waals surface area contributed by atoms with Gasteiger partial charge < -0.3 is 14.4 Å². The van der Waals surface area contributed by atoms with Gasteiger partial charge in [0, 0.05) is 13.1 Å². The van der Waals surface area contributed by atoms with Crippen LogP contribution in [0.25, 0.3) is 0 Å². The average molecular weight is 339 g/mol. The molecule has 0 bridgehead atoms. The van der Waals surface area contributed by atoms with E-state index in [-0.39, 0.29) is 12.5 Å². The van der Waals surface area contributed by atoms with Crippen molar-refractivity contribution in [3.05, 3.63) is 65.7 Å². The number of fused-ring (bicyclic) bond motifs is 1. The van der Waals surface area contributed by atoms with E-state index in [1.165, 1.54) is 5.56 Å². The standard InChI is InChI=1S/C20H21NO4/c1-15(25-19(22)14-24-18-9-3-2-4-10-18)20(23)21-12-11-16-7-5-6-8-17(16)13-21/h2-10,15H,11-14H2,1H3/t15-/m0/s1. The topological polar surface area (TPSA) is 55.8 Å². The molecular weight excluding hydrogens is 318 g/mol. The van der Waals surface area contributed by atoms with Crippen LogP contribution in [0.3, 0.4) is 0 Å². The number of carbonyl (C=O) groups excluding carboxylic acids is 2. The zero-order valence-electron chi connectivity index (χ0n) is 14.2. The molecule has 0 unspecified atom stereocenters. The van der Waals surface area contributed by atoms with Crippen LogP contribution in [0.5, 0.6) is 5.75 Å². The minimum Gasteiger partial charge on any atom is -0.482 e. The highest BCUT2D eigenvalue weighted by atomic mass is 16.6. The van der Waals surface area contributed by atoms with Gasteiger partial charge in [0.2, 0.25) is 0 Å². The van der Waals surface area contributed by atoms with Gasteiger partial charge in [0.1, 0.15) is 5.75 Å². The van der Waals surface area contributed by atoms with Crippen LogP contribution in [-0.2, 0) is 27.3 Å². The third-order valence-electron chi connectivity index (χ3n) is 4.20. The molecular formula is C20H21NO4. The molecule has 5 heteroatoms. The Labute approximate surface area is 147 Å². The number of para-hydroxylation sites is 1. The van der Waals surface area contributed by atoms with Crippen molar-refractivity contribution in [3.63, 3.8) is 0 Å². The molecule has 2 aromatic carbocycles. The summed E-state index contributed by atoms with van der Waals surface area (Å²) >= 11 is 0. The third-order valence-corrected chi connectivity index (χ3v) is 4.20. The molecule has 1 atom stereocenters. The molecule has 1 aliphatic heterocycles. The maximum absolute atomic E-state index is 12.5. The Balaban J connectivity index is 1.50. The Bertz CT molecular complexity index is 744. The van der Waals surface area contributed by atoms with E-state index in [0.29, 0.717) is 18.8 Å². The number of carbonyl (C=O) groups is 2. The highest BCUT2D eigenvalue weighted by molar-refractivity contribution is 5.84. The number of hydrogen-bond donors (Lipinski definition) is 0. The van der Waals surface area contributed by atoms with Gasteiger partial charge >= 0.3 is 5.97 Å². The van der Waals surface area contributed by atoms with Crippen LogP contribution in [0.4, 0.5) is 0 Å². The summed E-state index contributed by atoms with van der Waals surface area (Å²) in [4.78, 5) is 26.2. The first-order valence-electron chi connectivity index (χ1n) is 8.36. The fourth-order valence-electron chi connectivity index (χ4n) is 2.88. The summed E-state index contributed by atoms with van der Waals surface area (Å²) in [5.41, 5.74) is 2.42. The van der Waals surface area contributed by atoms with Gasteiger partial charge in [-0.1, -0.05) is 42.5 Å². The van der Waals surface area contributed by atoms with Crippen molar-refractivity contribution in [2.45, 2.75) is 26.0 Å². The van der Waals surface area contributed by atoms with Gasteiger partial charge in [0.15, 0.2) is 12.7 Å². The van der Waals surface area contributed by atoms with Gasteiger partial charge in [-0.05, 0) is 36.6 Å². The zero-order valence-corrected chi connectivity index (χ0v) is 14.2. The summed E-state index contributed by atoms with van der Waals surface area (Å²) < 4.78 is 10.6. The Morgan fingerprint density at radius 1 is 1.04 bits per heavy atom. The summed E-state index contributed by atoms with van der Waals surface area (Å²) in [5, 5.41) is 0. The van der Waals surface area contributed by atoms with Crippen LogP contribution in [0.1, 0.15) is 18.1 Å². The Hall–Kier alpha value is -2.82. The molecule has 1 aliphatic rings. The summed E-state index contributed by atoms with van der Waals surface area (Å²) in [6.45, 7) is 2.57. The molecule has 0 radical (unpaired) electrons. The smallest absolute Gasteiger partial charge is 0.344 e. The molecule has 0 fully saturated rings. The minimum atomic E-state index is -0.822. The molecule has 1 amide bonds. The van der Waals surface area contributed by atoms with Crippen LogP contribution < -0.4 is 4.74 Å². The number of nitrogens with zero attached hydrogens (tertiary/aromatic N) is 1. The van der Waals surface area contributed by atoms with E-state index < -0.39 is 12.1 Å². The van der Waals surface area contributed by atoms with Crippen molar-refractivity contribution < 1.29 is 19.1 Å². The van der Waals surface area contributed by atoms with Gasteiger partial charge in [-0.15, -0.1) is 0 Å². The van der Waals surface area contributed by atoms with Crippen LogP contribution in [0.15, 0.2) is 54.6 Å². The summed E-state index contributed by atoms with van der Waals surface area (Å²) in [6, 6.07) is 17.1. The molecule has 3 rings (SSSR count). The lowest BCUT2D eigenvalue weighted by Gasteiger charge is -2.30. The molecule has 5 nitrogen and oxygen atoms in total. The van der Waals surface area contributed by atoms with Crippen LogP contribution >= 0.6 is 0 Å². The first-order valence-corrected chi connectivity index (χ1v) is 8.36. The van der Waals surface area contributed by atoms with Gasteiger partial charge in [-0.3, -0.25) is 4.79 Å². The highest BCUT2D eigenvalue weighted by Gasteiger charge is 2.26. The number of ether oxygens (including phenoxy) is 2. The fraction of sp³-hybridized carbons (Fsp3) is 0.300.